The van der Waals surface area contributed by atoms with Crippen molar-refractivity contribution in [2.75, 3.05) is 0 Å². The number of hydrogen-bond donors (Lipinski definition) is 1. The van der Waals surface area contributed by atoms with E-state index in [1.165, 1.54) is 51.4 Å². The van der Waals surface area contributed by atoms with Gasteiger partial charge in [-0.05, 0) is 55.8 Å². The molecule has 1 spiro atoms. The van der Waals surface area contributed by atoms with Crippen LogP contribution in [0.15, 0.2) is 0 Å². The molecule has 2 atom stereocenters. The number of nitrogens with two attached hydrogens (primary N) is 1. The van der Waals surface area contributed by atoms with Crippen molar-refractivity contribution in [2.24, 2.45) is 23.0 Å². The lowest BCUT2D eigenvalue weighted by Crippen LogP contribution is -2.40. The molecule has 2 N–H and O–H groups in total. The van der Waals surface area contributed by atoms with E-state index in [1.54, 1.807) is 0 Å². The van der Waals surface area contributed by atoms with E-state index in [0.29, 0.717) is 6.04 Å². The summed E-state index contributed by atoms with van der Waals surface area (Å²) in [6.07, 6.45) is 11.4. The van der Waals surface area contributed by atoms with Crippen LogP contribution in [-0.4, -0.2) is 6.04 Å². The lowest BCUT2D eigenvalue weighted by Gasteiger charge is -2.44. The molecule has 2 saturated carbocycles. The summed E-state index contributed by atoms with van der Waals surface area (Å²) in [7, 11) is 0. The molecule has 1 heteroatoms. The van der Waals surface area contributed by atoms with Gasteiger partial charge in [-0.2, -0.15) is 0 Å². The van der Waals surface area contributed by atoms with Crippen molar-refractivity contribution in [1.29, 1.82) is 0 Å². The number of rotatable bonds is 2. The van der Waals surface area contributed by atoms with E-state index < -0.39 is 0 Å². The Balaban J connectivity index is 2.06. The maximum atomic E-state index is 6.15. The Morgan fingerprint density at radius 3 is 2.47 bits per heavy atom. The molecule has 2 rings (SSSR count). The average Bonchev–Trinajstić information content (AvgIpc) is 2.61. The first kappa shape index (κ1) is 11.4. The average molecular weight is 209 g/mol. The summed E-state index contributed by atoms with van der Waals surface area (Å²) >= 11 is 0. The fourth-order valence-electron chi connectivity index (χ4n) is 4.06. The van der Waals surface area contributed by atoms with Gasteiger partial charge >= 0.3 is 0 Å². The molecule has 0 aliphatic heterocycles. The molecule has 2 aliphatic carbocycles. The Labute approximate surface area is 94.8 Å². The summed E-state index contributed by atoms with van der Waals surface area (Å²) in [6.45, 7) is 4.73. The summed E-state index contributed by atoms with van der Waals surface area (Å²) in [5.74, 6) is 1.78. The SMILES string of the molecule is CC(C)CC1CC(N)CCC12CCCC2. The highest BCUT2D eigenvalue weighted by atomic mass is 14.7. The third-order valence-electron chi connectivity index (χ3n) is 4.82. The molecule has 15 heavy (non-hydrogen) atoms. The van der Waals surface area contributed by atoms with Crippen LogP contribution in [0.2, 0.25) is 0 Å². The van der Waals surface area contributed by atoms with Crippen LogP contribution >= 0.6 is 0 Å². The normalized spacial score (nSPS) is 35.2. The van der Waals surface area contributed by atoms with Crippen LogP contribution in [0.5, 0.6) is 0 Å². The van der Waals surface area contributed by atoms with Crippen LogP contribution in [0.1, 0.15) is 65.2 Å². The molecule has 0 aromatic heterocycles. The van der Waals surface area contributed by atoms with Crippen LogP contribution in [0, 0.1) is 17.3 Å². The van der Waals surface area contributed by atoms with Crippen molar-refractivity contribution in [2.45, 2.75) is 71.3 Å². The van der Waals surface area contributed by atoms with Gasteiger partial charge in [-0.15, -0.1) is 0 Å². The molecule has 0 heterocycles. The summed E-state index contributed by atoms with van der Waals surface area (Å²) in [6, 6.07) is 0.500. The molecule has 2 aliphatic rings. The van der Waals surface area contributed by atoms with Gasteiger partial charge in [0.2, 0.25) is 0 Å². The van der Waals surface area contributed by atoms with E-state index in [-0.39, 0.29) is 0 Å². The Kier molecular flexibility index (Phi) is 3.39. The van der Waals surface area contributed by atoms with Crippen LogP contribution in [0.4, 0.5) is 0 Å². The zero-order valence-corrected chi connectivity index (χ0v) is 10.5. The molecule has 2 fully saturated rings. The van der Waals surface area contributed by atoms with Crippen molar-refractivity contribution >= 4 is 0 Å². The van der Waals surface area contributed by atoms with E-state index in [9.17, 15) is 0 Å². The second kappa shape index (κ2) is 4.45. The van der Waals surface area contributed by atoms with Crippen LogP contribution < -0.4 is 5.73 Å². The molecule has 0 bridgehead atoms. The highest BCUT2D eigenvalue weighted by Crippen LogP contribution is 2.54. The molecular weight excluding hydrogens is 182 g/mol. The molecule has 0 saturated heterocycles. The maximum absolute atomic E-state index is 6.15. The monoisotopic (exact) mass is 209 g/mol. The van der Waals surface area contributed by atoms with Crippen molar-refractivity contribution in [3.63, 3.8) is 0 Å². The zero-order valence-electron chi connectivity index (χ0n) is 10.5. The third kappa shape index (κ3) is 2.38. The molecule has 0 aromatic carbocycles. The minimum absolute atomic E-state index is 0.500. The van der Waals surface area contributed by atoms with E-state index in [1.807, 2.05) is 0 Å². The van der Waals surface area contributed by atoms with Crippen LogP contribution in [-0.2, 0) is 0 Å². The van der Waals surface area contributed by atoms with Gasteiger partial charge in [0.05, 0.1) is 0 Å². The first-order valence-corrected chi connectivity index (χ1v) is 6.88. The molecule has 88 valence electrons. The van der Waals surface area contributed by atoms with Gasteiger partial charge in [0.25, 0.3) is 0 Å². The van der Waals surface area contributed by atoms with E-state index in [2.05, 4.69) is 13.8 Å². The molecular formula is C14H27N. The highest BCUT2D eigenvalue weighted by molar-refractivity contribution is 4.96. The van der Waals surface area contributed by atoms with E-state index in [4.69, 9.17) is 5.73 Å². The minimum Gasteiger partial charge on any atom is -0.328 e. The lowest BCUT2D eigenvalue weighted by molar-refractivity contribution is 0.0728. The maximum Gasteiger partial charge on any atom is 0.00418 e. The standard InChI is InChI=1S/C14H27N/c1-11(2)9-12-10-13(15)5-8-14(12)6-3-4-7-14/h11-13H,3-10,15H2,1-2H3. The number of hydrogen-bond acceptors (Lipinski definition) is 1. The Morgan fingerprint density at radius 1 is 1.20 bits per heavy atom. The van der Waals surface area contributed by atoms with Crippen molar-refractivity contribution in [1.82, 2.24) is 0 Å². The highest BCUT2D eigenvalue weighted by Gasteiger charge is 2.44. The van der Waals surface area contributed by atoms with Crippen molar-refractivity contribution < 1.29 is 0 Å². The van der Waals surface area contributed by atoms with Crippen LogP contribution in [0.25, 0.3) is 0 Å². The van der Waals surface area contributed by atoms with Crippen molar-refractivity contribution in [3.05, 3.63) is 0 Å². The second-order valence-corrected chi connectivity index (χ2v) is 6.43. The Morgan fingerprint density at radius 2 is 1.87 bits per heavy atom. The van der Waals surface area contributed by atoms with Gasteiger partial charge in [0.1, 0.15) is 0 Å². The summed E-state index contributed by atoms with van der Waals surface area (Å²) in [4.78, 5) is 0. The van der Waals surface area contributed by atoms with Gasteiger partial charge in [-0.25, -0.2) is 0 Å². The van der Waals surface area contributed by atoms with Crippen LogP contribution in [0.3, 0.4) is 0 Å². The smallest absolute Gasteiger partial charge is 0.00418 e. The minimum atomic E-state index is 0.500. The first-order chi connectivity index (χ1) is 7.12. The van der Waals surface area contributed by atoms with Crippen molar-refractivity contribution in [3.8, 4) is 0 Å². The summed E-state index contributed by atoms with van der Waals surface area (Å²) < 4.78 is 0. The molecule has 1 nitrogen and oxygen atoms in total. The molecule has 0 aromatic rings. The first-order valence-electron chi connectivity index (χ1n) is 6.88. The largest absolute Gasteiger partial charge is 0.328 e. The quantitative estimate of drug-likeness (QED) is 0.737. The second-order valence-electron chi connectivity index (χ2n) is 6.43. The topological polar surface area (TPSA) is 26.0 Å². The van der Waals surface area contributed by atoms with Gasteiger partial charge in [0.15, 0.2) is 0 Å². The predicted octanol–water partition coefficient (Wildman–Crippen LogP) is 3.72. The Hall–Kier alpha value is -0.0400. The zero-order chi connectivity index (χ0) is 10.9. The Bertz CT molecular complexity index is 201. The summed E-state index contributed by atoms with van der Waals surface area (Å²) in [5.41, 5.74) is 6.87. The lowest BCUT2D eigenvalue weighted by atomic mass is 9.62. The molecule has 2 unspecified atom stereocenters. The summed E-state index contributed by atoms with van der Waals surface area (Å²) in [5, 5.41) is 0. The van der Waals surface area contributed by atoms with Gasteiger partial charge in [-0.1, -0.05) is 26.7 Å². The predicted molar refractivity (Wildman–Crippen MR) is 65.7 cm³/mol. The van der Waals surface area contributed by atoms with Gasteiger partial charge in [0, 0.05) is 6.04 Å². The molecule has 0 radical (unpaired) electrons. The van der Waals surface area contributed by atoms with Gasteiger partial charge < -0.3 is 5.73 Å². The van der Waals surface area contributed by atoms with E-state index in [0.717, 1.165) is 17.3 Å². The third-order valence-corrected chi connectivity index (χ3v) is 4.82. The fourth-order valence-corrected chi connectivity index (χ4v) is 4.06. The fraction of sp³-hybridized carbons (Fsp3) is 1.00. The van der Waals surface area contributed by atoms with Gasteiger partial charge in [-0.3, -0.25) is 0 Å². The molecule has 0 amide bonds. The van der Waals surface area contributed by atoms with E-state index >= 15 is 0 Å².